The monoisotopic (exact) mass is 277 g/mol. The SMILES string of the molecule is C(#Cc1cccc2c1ccc1ccccc12)c1cc[c]cc1. The molecule has 0 fully saturated rings. The quantitative estimate of drug-likeness (QED) is 0.306. The highest BCUT2D eigenvalue weighted by atomic mass is 14.1. The molecule has 0 bridgehead atoms. The Morgan fingerprint density at radius 2 is 1.41 bits per heavy atom. The van der Waals surface area contributed by atoms with E-state index < -0.39 is 0 Å². The van der Waals surface area contributed by atoms with Crippen molar-refractivity contribution in [1.29, 1.82) is 0 Å². The first-order valence-electron chi connectivity index (χ1n) is 7.30. The third-order valence-corrected chi connectivity index (χ3v) is 3.85. The Kier molecular flexibility index (Phi) is 3.11. The van der Waals surface area contributed by atoms with Gasteiger partial charge in [0, 0.05) is 11.1 Å². The van der Waals surface area contributed by atoms with Gasteiger partial charge in [0.25, 0.3) is 0 Å². The minimum Gasteiger partial charge on any atom is -0.0616 e. The van der Waals surface area contributed by atoms with Gasteiger partial charge in [-0.1, -0.05) is 72.5 Å². The zero-order chi connectivity index (χ0) is 14.8. The van der Waals surface area contributed by atoms with E-state index in [4.69, 9.17) is 0 Å². The van der Waals surface area contributed by atoms with Crippen molar-refractivity contribution in [3.05, 3.63) is 96.1 Å². The molecule has 0 unspecified atom stereocenters. The van der Waals surface area contributed by atoms with Crippen molar-refractivity contribution in [2.75, 3.05) is 0 Å². The molecule has 0 aliphatic rings. The van der Waals surface area contributed by atoms with Crippen molar-refractivity contribution >= 4 is 21.5 Å². The average Bonchev–Trinajstić information content (AvgIpc) is 2.60. The van der Waals surface area contributed by atoms with E-state index >= 15 is 0 Å². The van der Waals surface area contributed by atoms with Gasteiger partial charge in [-0.3, -0.25) is 0 Å². The summed E-state index contributed by atoms with van der Waals surface area (Å²) in [6, 6.07) is 29.9. The normalized spacial score (nSPS) is 10.4. The molecular formula is C22H13. The van der Waals surface area contributed by atoms with Crippen LogP contribution in [-0.4, -0.2) is 0 Å². The molecule has 101 valence electrons. The molecule has 0 atom stereocenters. The summed E-state index contributed by atoms with van der Waals surface area (Å²) in [7, 11) is 0. The topological polar surface area (TPSA) is 0 Å². The van der Waals surface area contributed by atoms with E-state index in [1.54, 1.807) is 0 Å². The summed E-state index contributed by atoms with van der Waals surface area (Å²) < 4.78 is 0. The molecule has 0 aliphatic heterocycles. The lowest BCUT2D eigenvalue weighted by atomic mass is 9.98. The highest BCUT2D eigenvalue weighted by molar-refractivity contribution is 6.09. The van der Waals surface area contributed by atoms with Gasteiger partial charge in [0.1, 0.15) is 0 Å². The molecule has 4 aromatic carbocycles. The fraction of sp³-hybridized carbons (Fsp3) is 0. The van der Waals surface area contributed by atoms with Crippen molar-refractivity contribution in [3.63, 3.8) is 0 Å². The van der Waals surface area contributed by atoms with Crippen LogP contribution in [0.25, 0.3) is 21.5 Å². The molecular weight excluding hydrogens is 264 g/mol. The van der Waals surface area contributed by atoms with Crippen molar-refractivity contribution in [3.8, 4) is 11.8 Å². The predicted octanol–water partition coefficient (Wildman–Crippen LogP) is 5.19. The van der Waals surface area contributed by atoms with Crippen LogP contribution in [0.2, 0.25) is 0 Å². The molecule has 4 aromatic rings. The lowest BCUT2D eigenvalue weighted by Gasteiger charge is -2.05. The summed E-state index contributed by atoms with van der Waals surface area (Å²) in [5.41, 5.74) is 2.08. The Morgan fingerprint density at radius 3 is 2.32 bits per heavy atom. The molecule has 0 spiro atoms. The van der Waals surface area contributed by atoms with Gasteiger partial charge >= 0.3 is 0 Å². The highest BCUT2D eigenvalue weighted by Crippen LogP contribution is 2.27. The van der Waals surface area contributed by atoms with Gasteiger partial charge in [-0.15, -0.1) is 0 Å². The van der Waals surface area contributed by atoms with Gasteiger partial charge in [0.05, 0.1) is 0 Å². The summed E-state index contributed by atoms with van der Waals surface area (Å²) >= 11 is 0. The minimum atomic E-state index is 1.01. The van der Waals surface area contributed by atoms with Crippen molar-refractivity contribution < 1.29 is 0 Å². The van der Waals surface area contributed by atoms with Crippen LogP contribution < -0.4 is 0 Å². The van der Waals surface area contributed by atoms with Gasteiger partial charge in [-0.25, -0.2) is 0 Å². The van der Waals surface area contributed by atoms with E-state index in [-0.39, 0.29) is 0 Å². The second-order valence-corrected chi connectivity index (χ2v) is 5.23. The summed E-state index contributed by atoms with van der Waals surface area (Å²) in [4.78, 5) is 0. The van der Waals surface area contributed by atoms with E-state index in [1.807, 2.05) is 24.3 Å². The molecule has 0 saturated carbocycles. The maximum absolute atomic E-state index is 3.30. The smallest absolute Gasteiger partial charge is 0.0327 e. The zero-order valence-electron chi connectivity index (χ0n) is 12.0. The lowest BCUT2D eigenvalue weighted by Crippen LogP contribution is -1.82. The summed E-state index contributed by atoms with van der Waals surface area (Å²) in [5.74, 6) is 6.54. The highest BCUT2D eigenvalue weighted by Gasteiger charge is 2.02. The van der Waals surface area contributed by atoms with Gasteiger partial charge in [0.15, 0.2) is 0 Å². The Bertz CT molecular complexity index is 1020. The molecule has 0 heterocycles. The molecule has 1 radical (unpaired) electrons. The molecule has 0 aliphatic carbocycles. The van der Waals surface area contributed by atoms with Crippen LogP contribution in [0.15, 0.2) is 78.9 Å². The molecule has 4 rings (SSSR count). The number of rotatable bonds is 0. The third kappa shape index (κ3) is 2.24. The minimum absolute atomic E-state index is 1.01. The first-order chi connectivity index (χ1) is 10.9. The van der Waals surface area contributed by atoms with E-state index in [2.05, 4.69) is 72.5 Å². The summed E-state index contributed by atoms with van der Waals surface area (Å²) in [6.45, 7) is 0. The number of hydrogen-bond acceptors (Lipinski definition) is 0. The summed E-state index contributed by atoms with van der Waals surface area (Å²) in [6.07, 6.45) is 0. The number of hydrogen-bond donors (Lipinski definition) is 0. The second kappa shape index (κ2) is 5.39. The third-order valence-electron chi connectivity index (χ3n) is 3.85. The van der Waals surface area contributed by atoms with Crippen molar-refractivity contribution in [2.24, 2.45) is 0 Å². The fourth-order valence-electron chi connectivity index (χ4n) is 2.76. The predicted molar refractivity (Wildman–Crippen MR) is 92.7 cm³/mol. The Labute approximate surface area is 130 Å². The second-order valence-electron chi connectivity index (χ2n) is 5.23. The number of fused-ring (bicyclic) bond motifs is 3. The van der Waals surface area contributed by atoms with Gasteiger partial charge in [-0.2, -0.15) is 0 Å². The Balaban J connectivity index is 1.93. The van der Waals surface area contributed by atoms with Gasteiger partial charge < -0.3 is 0 Å². The van der Waals surface area contributed by atoms with E-state index in [0.717, 1.165) is 11.1 Å². The molecule has 0 saturated heterocycles. The summed E-state index contributed by atoms with van der Waals surface area (Å²) in [5, 5.41) is 5.00. The van der Waals surface area contributed by atoms with Crippen molar-refractivity contribution in [2.45, 2.75) is 0 Å². The molecule has 0 heteroatoms. The maximum Gasteiger partial charge on any atom is 0.0327 e. The maximum atomic E-state index is 3.30. The molecule has 0 nitrogen and oxygen atoms in total. The van der Waals surface area contributed by atoms with E-state index in [1.165, 1.54) is 21.5 Å². The van der Waals surface area contributed by atoms with Crippen LogP contribution in [0.4, 0.5) is 0 Å². The van der Waals surface area contributed by atoms with Crippen LogP contribution in [0.1, 0.15) is 11.1 Å². The van der Waals surface area contributed by atoms with Crippen LogP contribution in [0.5, 0.6) is 0 Å². The van der Waals surface area contributed by atoms with Crippen LogP contribution in [0, 0.1) is 17.9 Å². The van der Waals surface area contributed by atoms with E-state index in [9.17, 15) is 0 Å². The van der Waals surface area contributed by atoms with Crippen LogP contribution >= 0.6 is 0 Å². The van der Waals surface area contributed by atoms with Gasteiger partial charge in [0.2, 0.25) is 0 Å². The fourth-order valence-corrected chi connectivity index (χ4v) is 2.76. The molecule has 0 N–H and O–H groups in total. The van der Waals surface area contributed by atoms with E-state index in [0.29, 0.717) is 0 Å². The first kappa shape index (κ1) is 12.7. The van der Waals surface area contributed by atoms with Crippen LogP contribution in [0.3, 0.4) is 0 Å². The first-order valence-corrected chi connectivity index (χ1v) is 7.30. The lowest BCUT2D eigenvalue weighted by molar-refractivity contribution is 1.63. The molecule has 0 aromatic heterocycles. The standard InChI is InChI=1S/C22H13/c1-2-7-17(8-3-1)13-14-19-10-6-12-22-20-11-5-4-9-18(20)15-16-21(19)22/h2-12,15-16H. The van der Waals surface area contributed by atoms with Crippen molar-refractivity contribution in [1.82, 2.24) is 0 Å². The zero-order valence-corrected chi connectivity index (χ0v) is 12.0. The molecule has 0 amide bonds. The Hall–Kier alpha value is -3.04. The average molecular weight is 277 g/mol. The van der Waals surface area contributed by atoms with Crippen LogP contribution in [-0.2, 0) is 0 Å². The Morgan fingerprint density at radius 1 is 0.591 bits per heavy atom. The largest absolute Gasteiger partial charge is 0.0616 e. The van der Waals surface area contributed by atoms with Gasteiger partial charge in [-0.05, 0) is 45.8 Å². The number of benzene rings is 4. The molecule has 22 heavy (non-hydrogen) atoms.